The van der Waals surface area contributed by atoms with Gasteiger partial charge in [-0.25, -0.2) is 9.97 Å². The van der Waals surface area contributed by atoms with Crippen molar-refractivity contribution in [1.82, 2.24) is 9.97 Å². The van der Waals surface area contributed by atoms with E-state index in [1.807, 2.05) is 35.7 Å². The number of fused-ring (bicyclic) bond motifs is 1. The Morgan fingerprint density at radius 2 is 1.97 bits per heavy atom. The van der Waals surface area contributed by atoms with Gasteiger partial charge in [-0.15, -0.1) is 11.3 Å². The zero-order chi connectivity index (χ0) is 26.1. The van der Waals surface area contributed by atoms with Crippen molar-refractivity contribution >= 4 is 34.0 Å². The average Bonchev–Trinajstić information content (AvgIpc) is 3.50. The highest BCUT2D eigenvalue weighted by molar-refractivity contribution is 7.14. The third-order valence-electron chi connectivity index (χ3n) is 6.22. The lowest BCUT2D eigenvalue weighted by Gasteiger charge is -2.30. The second kappa shape index (κ2) is 10.1. The zero-order valence-electron chi connectivity index (χ0n) is 21.0. The van der Waals surface area contributed by atoms with Gasteiger partial charge in [-0.05, 0) is 37.1 Å². The summed E-state index contributed by atoms with van der Waals surface area (Å²) >= 11 is 1.33. The second-order valence-corrected chi connectivity index (χ2v) is 9.47. The second-order valence-electron chi connectivity index (χ2n) is 8.62. The number of nitrogens with one attached hydrogen (secondary N) is 1. The smallest absolute Gasteiger partial charge is 0.295 e. The molecule has 0 radical (unpaired) electrons. The maximum atomic E-state index is 12.9. The average molecular weight is 519 g/mol. The monoisotopic (exact) mass is 518 g/mol. The summed E-state index contributed by atoms with van der Waals surface area (Å²) in [5.41, 5.74) is 4.98. The van der Waals surface area contributed by atoms with Crippen LogP contribution < -0.4 is 19.7 Å². The van der Waals surface area contributed by atoms with Crippen molar-refractivity contribution in [3.63, 3.8) is 0 Å². The van der Waals surface area contributed by atoms with Crippen LogP contribution in [-0.4, -0.2) is 36.0 Å². The number of hydrogen-bond donors (Lipinski definition) is 1. The lowest BCUT2D eigenvalue weighted by Crippen LogP contribution is -2.34. The molecule has 10 heteroatoms. The molecule has 0 saturated heterocycles. The molecule has 2 aromatic carbocycles. The molecule has 37 heavy (non-hydrogen) atoms. The van der Waals surface area contributed by atoms with Gasteiger partial charge in [0, 0.05) is 35.5 Å². The summed E-state index contributed by atoms with van der Waals surface area (Å²) < 4.78 is 16.4. The number of para-hydroxylation sites is 1. The summed E-state index contributed by atoms with van der Waals surface area (Å²) in [5, 5.41) is 5.14. The highest BCUT2D eigenvalue weighted by Gasteiger charge is 2.26. The normalized spacial score (nSPS) is 12.9. The van der Waals surface area contributed by atoms with Gasteiger partial charge in [-0.3, -0.25) is 14.9 Å². The van der Waals surface area contributed by atoms with E-state index in [2.05, 4.69) is 21.4 Å². The van der Waals surface area contributed by atoms with E-state index < -0.39 is 0 Å². The molecule has 0 unspecified atom stereocenters. The molecule has 5 rings (SSSR count). The van der Waals surface area contributed by atoms with E-state index >= 15 is 0 Å². The number of aryl methyl sites for hydroxylation is 3. The molecule has 0 aliphatic carbocycles. The fourth-order valence-corrected chi connectivity index (χ4v) is 5.22. The first-order chi connectivity index (χ1) is 17.9. The summed E-state index contributed by atoms with van der Waals surface area (Å²) in [4.78, 5) is 36.0. The van der Waals surface area contributed by atoms with E-state index in [-0.39, 0.29) is 17.6 Å². The number of anilines is 2. The summed E-state index contributed by atoms with van der Waals surface area (Å²) in [7, 11) is 3.19. The predicted octanol–water partition coefficient (Wildman–Crippen LogP) is 5.16. The maximum absolute atomic E-state index is 12.9. The molecule has 1 aliphatic rings. The molecule has 0 saturated carbocycles. The molecule has 0 bridgehead atoms. The number of oxazole rings is 1. The third kappa shape index (κ3) is 4.79. The highest BCUT2D eigenvalue weighted by Crippen LogP contribution is 2.37. The Labute approximate surface area is 218 Å². The summed E-state index contributed by atoms with van der Waals surface area (Å²) in [6.07, 6.45) is 1.06. The van der Waals surface area contributed by atoms with E-state index in [1.165, 1.54) is 11.3 Å². The number of hydrogen-bond acceptors (Lipinski definition) is 8. The molecule has 0 atom stereocenters. The molecule has 0 fully saturated rings. The molecule has 1 aliphatic heterocycles. The summed E-state index contributed by atoms with van der Waals surface area (Å²) in [6.45, 7) is 3.80. The van der Waals surface area contributed by atoms with E-state index in [4.69, 9.17) is 13.9 Å². The highest BCUT2D eigenvalue weighted by atomic mass is 32.1. The van der Waals surface area contributed by atoms with Crippen LogP contribution in [0.5, 0.6) is 11.5 Å². The third-order valence-corrected chi connectivity index (χ3v) is 6.98. The van der Waals surface area contributed by atoms with Gasteiger partial charge < -0.3 is 18.8 Å². The van der Waals surface area contributed by atoms with Crippen LogP contribution in [-0.2, 0) is 17.8 Å². The Kier molecular flexibility index (Phi) is 6.66. The molecule has 1 N–H and O–H groups in total. The number of carbonyl (C=O) groups excluding carboxylic acids is 2. The molecule has 0 spiro atoms. The number of ether oxygens (including phenoxy) is 2. The fraction of sp³-hybridized carbons (Fsp3) is 0.259. The van der Waals surface area contributed by atoms with Crippen molar-refractivity contribution in [2.24, 2.45) is 0 Å². The Hall–Kier alpha value is -4.18. The summed E-state index contributed by atoms with van der Waals surface area (Å²) in [5.74, 6) is 1.54. The van der Waals surface area contributed by atoms with Gasteiger partial charge in [0.25, 0.3) is 5.91 Å². The Balaban J connectivity index is 1.38. The number of carbonyl (C=O) groups is 2. The van der Waals surface area contributed by atoms with Gasteiger partial charge in [0.2, 0.25) is 11.7 Å². The Bertz CT molecular complexity index is 1490. The fourth-order valence-electron chi connectivity index (χ4n) is 4.50. The number of methoxy groups -OCH3 is 2. The van der Waals surface area contributed by atoms with Gasteiger partial charge in [0.05, 0.1) is 32.2 Å². The first-order valence-corrected chi connectivity index (χ1v) is 12.6. The molecular formula is C27H26N4O5S. The minimum Gasteiger partial charge on any atom is -0.493 e. The van der Waals surface area contributed by atoms with E-state index in [0.29, 0.717) is 47.6 Å². The minimum atomic E-state index is -0.383. The molecule has 2 amide bonds. The van der Waals surface area contributed by atoms with Gasteiger partial charge in [-0.2, -0.15) is 0 Å². The maximum Gasteiger partial charge on any atom is 0.295 e. The van der Waals surface area contributed by atoms with Crippen molar-refractivity contribution in [1.29, 1.82) is 0 Å². The number of amides is 2. The predicted molar refractivity (Wildman–Crippen MR) is 141 cm³/mol. The van der Waals surface area contributed by atoms with Crippen LogP contribution in [0.2, 0.25) is 0 Å². The number of aromatic nitrogens is 2. The first-order valence-electron chi connectivity index (χ1n) is 11.7. The van der Waals surface area contributed by atoms with Crippen LogP contribution in [0.4, 0.5) is 10.8 Å². The van der Waals surface area contributed by atoms with Crippen molar-refractivity contribution in [2.75, 3.05) is 24.4 Å². The number of nitrogens with zero attached hydrogens (tertiary/aromatic N) is 3. The quantitative estimate of drug-likeness (QED) is 0.360. The molecule has 190 valence electrons. The van der Waals surface area contributed by atoms with Crippen LogP contribution in [0.3, 0.4) is 0 Å². The Morgan fingerprint density at radius 1 is 1.14 bits per heavy atom. The number of benzene rings is 2. The SMILES string of the molecule is COc1cccc(CN2C(=O)CCc3cc(-c4csc(NC(=O)c5oc(C)nc5C)n4)ccc32)c1OC. The Morgan fingerprint density at radius 3 is 2.70 bits per heavy atom. The topological polar surface area (TPSA) is 107 Å². The first kappa shape index (κ1) is 24.5. The van der Waals surface area contributed by atoms with Gasteiger partial charge in [0.1, 0.15) is 0 Å². The van der Waals surface area contributed by atoms with Crippen molar-refractivity contribution in [2.45, 2.75) is 33.2 Å². The molecule has 9 nitrogen and oxygen atoms in total. The molecule has 2 aromatic heterocycles. The van der Waals surface area contributed by atoms with Gasteiger partial charge >= 0.3 is 0 Å². The van der Waals surface area contributed by atoms with Crippen molar-refractivity contribution < 1.29 is 23.5 Å². The van der Waals surface area contributed by atoms with Crippen molar-refractivity contribution in [3.8, 4) is 22.8 Å². The van der Waals surface area contributed by atoms with Gasteiger partial charge in [0.15, 0.2) is 22.5 Å². The van der Waals surface area contributed by atoms with E-state index in [9.17, 15) is 9.59 Å². The van der Waals surface area contributed by atoms with Crippen LogP contribution in [0.1, 0.15) is 39.7 Å². The van der Waals surface area contributed by atoms with Crippen LogP contribution in [0.25, 0.3) is 11.3 Å². The minimum absolute atomic E-state index is 0.0572. The number of thiazole rings is 1. The van der Waals surface area contributed by atoms with Crippen LogP contribution in [0.15, 0.2) is 46.2 Å². The molecule has 3 heterocycles. The largest absolute Gasteiger partial charge is 0.493 e. The van der Waals surface area contributed by atoms with E-state index in [0.717, 1.165) is 28.1 Å². The standard InChI is InChI=1S/C27H26N4O5S/c1-15-24(36-16(2)28-15)26(33)30-27-29-20(14-37-27)17-8-10-21-18(12-17)9-11-23(32)31(21)13-19-6-5-7-22(34-3)25(19)35-4/h5-8,10,12,14H,9,11,13H2,1-4H3,(H,29,30,33). The van der Waals surface area contributed by atoms with Crippen LogP contribution >= 0.6 is 11.3 Å². The van der Waals surface area contributed by atoms with Crippen LogP contribution in [0, 0.1) is 13.8 Å². The summed E-state index contributed by atoms with van der Waals surface area (Å²) in [6, 6.07) is 11.6. The van der Waals surface area contributed by atoms with E-state index in [1.54, 1.807) is 33.0 Å². The van der Waals surface area contributed by atoms with Gasteiger partial charge in [-0.1, -0.05) is 18.2 Å². The lowest BCUT2D eigenvalue weighted by molar-refractivity contribution is -0.119. The molecular weight excluding hydrogens is 492 g/mol. The molecule has 4 aromatic rings. The zero-order valence-corrected chi connectivity index (χ0v) is 21.8. The van der Waals surface area contributed by atoms with Crippen molar-refractivity contribution in [3.05, 3.63) is 70.3 Å². The lowest BCUT2D eigenvalue weighted by atomic mass is 9.97. The number of rotatable bonds is 7.